The van der Waals surface area contributed by atoms with E-state index in [1.165, 1.54) is 0 Å². The van der Waals surface area contributed by atoms with Crippen molar-refractivity contribution in [2.24, 2.45) is 0 Å². The topological polar surface area (TPSA) is 106 Å². The lowest BCUT2D eigenvalue weighted by Crippen LogP contribution is -2.06. The Labute approximate surface area is 198 Å². The smallest absolute Gasteiger partial charge is 0.330 e. The van der Waals surface area contributed by atoms with E-state index in [9.17, 15) is 4.55 Å². The summed E-state index contributed by atoms with van der Waals surface area (Å²) in [6.07, 6.45) is 4.86. The van der Waals surface area contributed by atoms with Crippen LogP contribution in [0.25, 0.3) is 22.1 Å². The minimum Gasteiger partial charge on any atom is -0.602 e. The number of nitrogens with zero attached hydrogens (tertiary/aromatic N) is 4. The van der Waals surface area contributed by atoms with Gasteiger partial charge in [0.2, 0.25) is 0 Å². The lowest BCUT2D eigenvalue weighted by atomic mass is 10.1. The number of imidazole rings is 2. The van der Waals surface area contributed by atoms with Crippen LogP contribution in [0.4, 0.5) is 0 Å². The van der Waals surface area contributed by atoms with Crippen LogP contribution in [0.3, 0.4) is 0 Å². The van der Waals surface area contributed by atoms with Crippen LogP contribution in [-0.2, 0) is 24.0 Å². The van der Waals surface area contributed by atoms with Gasteiger partial charge >= 0.3 is 10.3 Å². The van der Waals surface area contributed by atoms with Crippen molar-refractivity contribution in [2.75, 3.05) is 0 Å². The van der Waals surface area contributed by atoms with E-state index in [-0.39, 0.29) is 0 Å². The molecule has 0 atom stereocenters. The Balaban J connectivity index is 1.33. The fourth-order valence-corrected chi connectivity index (χ4v) is 5.02. The Hall–Kier alpha value is -4.01. The van der Waals surface area contributed by atoms with Crippen LogP contribution in [-0.4, -0.2) is 34.5 Å². The number of rotatable bonds is 6. The number of pyridine rings is 2. The van der Waals surface area contributed by atoms with Crippen molar-refractivity contribution in [1.82, 2.24) is 29.9 Å². The average Bonchev–Trinajstić information content (AvgIpc) is 3.51. The second-order valence-corrected chi connectivity index (χ2v) is 9.29. The third-order valence-corrected chi connectivity index (χ3v) is 6.78. The average molecular weight is 465 g/mol. The normalized spacial score (nSPS) is 11.6. The molecule has 0 aliphatic heterocycles. The second-order valence-electron chi connectivity index (χ2n) is 7.97. The second kappa shape index (κ2) is 8.74. The van der Waals surface area contributed by atoms with Crippen LogP contribution in [0.1, 0.15) is 22.5 Å². The van der Waals surface area contributed by atoms with Gasteiger partial charge in [-0.05, 0) is 47.5 Å². The van der Waals surface area contributed by atoms with Crippen molar-refractivity contribution in [2.45, 2.75) is 23.2 Å². The van der Waals surface area contributed by atoms with E-state index in [4.69, 9.17) is 9.97 Å². The van der Waals surface area contributed by atoms with Crippen LogP contribution < -0.4 is 0 Å². The Bertz CT molecular complexity index is 1460. The summed E-state index contributed by atoms with van der Waals surface area (Å²) in [5, 5.41) is 0.739. The maximum absolute atomic E-state index is 13.4. The SMILES string of the molecule is [O-][S+](c1nc2c(Cc3ccccn3)cccc2[nH]1)c1nc2c(Cc3ccccn3)cccc2[nH]1. The number of aromatic nitrogens is 6. The maximum Gasteiger partial charge on any atom is 0.330 e. The fraction of sp³-hybridized carbons (Fsp3) is 0.0769. The van der Waals surface area contributed by atoms with Gasteiger partial charge < -0.3 is 4.55 Å². The van der Waals surface area contributed by atoms with Crippen molar-refractivity contribution < 1.29 is 4.55 Å². The van der Waals surface area contributed by atoms with Gasteiger partial charge in [0.1, 0.15) is 11.2 Å². The summed E-state index contributed by atoms with van der Waals surface area (Å²) in [5.74, 6) is 0. The Morgan fingerprint density at radius 1 is 0.618 bits per heavy atom. The Morgan fingerprint density at radius 3 is 1.56 bits per heavy atom. The highest BCUT2D eigenvalue weighted by molar-refractivity contribution is 7.91. The minimum absolute atomic E-state index is 0.369. The van der Waals surface area contributed by atoms with Crippen molar-refractivity contribution in [3.05, 3.63) is 108 Å². The van der Waals surface area contributed by atoms with Crippen molar-refractivity contribution in [1.29, 1.82) is 0 Å². The van der Waals surface area contributed by atoms with Gasteiger partial charge in [0.15, 0.2) is 0 Å². The maximum atomic E-state index is 13.4. The number of benzene rings is 2. The molecule has 4 heterocycles. The zero-order valence-corrected chi connectivity index (χ0v) is 18.9. The third kappa shape index (κ3) is 3.93. The Morgan fingerprint density at radius 2 is 1.12 bits per heavy atom. The molecule has 8 heteroatoms. The summed E-state index contributed by atoms with van der Waals surface area (Å²) in [6.45, 7) is 0. The summed E-state index contributed by atoms with van der Waals surface area (Å²) in [5.41, 5.74) is 7.23. The molecule has 2 N–H and O–H groups in total. The highest BCUT2D eigenvalue weighted by atomic mass is 32.2. The number of hydrogen-bond donors (Lipinski definition) is 2. The molecule has 0 saturated carbocycles. The van der Waals surface area contributed by atoms with Gasteiger partial charge in [0.05, 0.1) is 22.1 Å². The van der Waals surface area contributed by atoms with Crippen LogP contribution in [0.2, 0.25) is 0 Å². The quantitative estimate of drug-likeness (QED) is 0.351. The first kappa shape index (κ1) is 20.6. The number of hydrogen-bond acceptors (Lipinski definition) is 5. The number of aromatic amines is 2. The van der Waals surface area contributed by atoms with Crippen molar-refractivity contribution in [3.63, 3.8) is 0 Å². The molecule has 0 fully saturated rings. The van der Waals surface area contributed by atoms with Gasteiger partial charge in [-0.15, -0.1) is 0 Å². The Kier molecular flexibility index (Phi) is 5.29. The molecule has 0 saturated heterocycles. The molecule has 6 aromatic rings. The number of nitrogens with one attached hydrogen (secondary N) is 2. The van der Waals surface area contributed by atoms with E-state index in [1.54, 1.807) is 12.4 Å². The number of fused-ring (bicyclic) bond motifs is 2. The van der Waals surface area contributed by atoms with E-state index in [0.717, 1.165) is 44.6 Å². The molecule has 0 aliphatic rings. The van der Waals surface area contributed by atoms with Crippen molar-refractivity contribution >= 4 is 33.2 Å². The molecule has 6 rings (SSSR count). The monoisotopic (exact) mass is 464 g/mol. The number of H-pyrrole nitrogens is 2. The van der Waals surface area contributed by atoms with Gasteiger partial charge in [-0.1, -0.05) is 36.4 Å². The third-order valence-electron chi connectivity index (χ3n) is 5.70. The molecule has 0 aliphatic carbocycles. The van der Waals surface area contributed by atoms with E-state index in [1.807, 2.05) is 72.8 Å². The van der Waals surface area contributed by atoms with Gasteiger partial charge in [0.25, 0.3) is 0 Å². The first-order valence-corrected chi connectivity index (χ1v) is 12.1. The van der Waals surface area contributed by atoms with Crippen LogP contribution in [0.15, 0.2) is 95.5 Å². The van der Waals surface area contributed by atoms with Gasteiger partial charge in [0, 0.05) is 36.6 Å². The van der Waals surface area contributed by atoms with Crippen molar-refractivity contribution in [3.8, 4) is 0 Å². The molecule has 34 heavy (non-hydrogen) atoms. The van der Waals surface area contributed by atoms with Gasteiger partial charge in [-0.25, -0.2) is 0 Å². The molecule has 0 amide bonds. The minimum atomic E-state index is -1.59. The summed E-state index contributed by atoms with van der Waals surface area (Å²) in [7, 11) is 0. The number of para-hydroxylation sites is 2. The fourth-order valence-electron chi connectivity index (χ4n) is 4.09. The highest BCUT2D eigenvalue weighted by Crippen LogP contribution is 2.26. The lowest BCUT2D eigenvalue weighted by molar-refractivity contribution is 0.581. The molecule has 7 nitrogen and oxygen atoms in total. The van der Waals surface area contributed by atoms with Crippen LogP contribution in [0, 0.1) is 0 Å². The molecule has 0 spiro atoms. The molecule has 2 aromatic carbocycles. The predicted octanol–water partition coefficient (Wildman–Crippen LogP) is 4.58. The first-order valence-electron chi connectivity index (χ1n) is 10.9. The molecule has 0 radical (unpaired) electrons. The first-order chi connectivity index (χ1) is 16.7. The standard InChI is InChI=1S/C26H20N6OS/c33-34(25-29-21-11-5-7-17(23(21)31-25)15-19-9-1-3-13-27-19)26-30-22-12-6-8-18(24(22)32-26)16-20-10-2-4-14-28-20/h1-14H,15-16H2,(H,29,31)(H,30,32). The lowest BCUT2D eigenvalue weighted by Gasteiger charge is -2.02. The highest BCUT2D eigenvalue weighted by Gasteiger charge is 2.25. The van der Waals surface area contributed by atoms with Crippen LogP contribution >= 0.6 is 0 Å². The largest absolute Gasteiger partial charge is 0.602 e. The molecule has 0 unspecified atom stereocenters. The molecule has 4 aromatic heterocycles. The molecular weight excluding hydrogens is 444 g/mol. The van der Waals surface area contributed by atoms with Crippen LogP contribution in [0.5, 0.6) is 0 Å². The van der Waals surface area contributed by atoms with E-state index >= 15 is 0 Å². The summed E-state index contributed by atoms with van der Waals surface area (Å²) in [4.78, 5) is 24.6. The molecule has 0 bridgehead atoms. The zero-order chi connectivity index (χ0) is 22.9. The summed E-state index contributed by atoms with van der Waals surface area (Å²) >= 11 is -1.59. The predicted molar refractivity (Wildman–Crippen MR) is 131 cm³/mol. The van der Waals surface area contributed by atoms with E-state index in [2.05, 4.69) is 19.9 Å². The zero-order valence-electron chi connectivity index (χ0n) is 18.1. The van der Waals surface area contributed by atoms with E-state index < -0.39 is 11.2 Å². The molecular formula is C26H20N6OS. The summed E-state index contributed by atoms with van der Waals surface area (Å²) < 4.78 is 13.4. The van der Waals surface area contributed by atoms with Gasteiger partial charge in [-0.3, -0.25) is 19.9 Å². The molecule has 166 valence electrons. The van der Waals surface area contributed by atoms with E-state index in [0.29, 0.717) is 23.2 Å². The van der Waals surface area contributed by atoms with Gasteiger partial charge in [-0.2, -0.15) is 9.97 Å². The summed E-state index contributed by atoms with van der Waals surface area (Å²) in [6, 6.07) is 23.6.